The van der Waals surface area contributed by atoms with Crippen molar-refractivity contribution in [2.45, 2.75) is 15.1 Å². The van der Waals surface area contributed by atoms with Gasteiger partial charge >= 0.3 is 0 Å². The molecule has 2 heteroatoms. The summed E-state index contributed by atoms with van der Waals surface area (Å²) in [6.07, 6.45) is 0. The second kappa shape index (κ2) is 0.583. The maximum Gasteiger partial charge on any atom is 0.0559 e. The summed E-state index contributed by atoms with van der Waals surface area (Å²) in [5, 5.41) is 2.31. The van der Waals surface area contributed by atoms with Gasteiger partial charge in [0.15, 0.2) is 0 Å². The predicted octanol–water partition coefficient (Wildman–Crippen LogP) is 1.17. The van der Waals surface area contributed by atoms with Crippen molar-refractivity contribution in [1.29, 1.82) is 0 Å². The van der Waals surface area contributed by atoms with Gasteiger partial charge in [-0.05, 0) is 0 Å². The summed E-state index contributed by atoms with van der Waals surface area (Å²) in [5.74, 6) is 1.22. The van der Waals surface area contributed by atoms with Gasteiger partial charge in [0.25, 0.3) is 0 Å². The molecule has 0 amide bonds. The van der Waals surface area contributed by atoms with Crippen LogP contribution in [0.15, 0.2) is 0 Å². The van der Waals surface area contributed by atoms with Gasteiger partial charge < -0.3 is 0 Å². The van der Waals surface area contributed by atoms with Crippen LogP contribution in [0.5, 0.6) is 0 Å². The molecule has 3 fully saturated rings. The molecule has 0 spiro atoms. The van der Waals surface area contributed by atoms with E-state index in [0.717, 1.165) is 15.1 Å². The quantitative estimate of drug-likeness (QED) is 0.466. The molecule has 2 atom stereocenters. The van der Waals surface area contributed by atoms with Crippen molar-refractivity contribution in [3.05, 3.63) is 0 Å². The van der Waals surface area contributed by atoms with E-state index in [-0.39, 0.29) is 0 Å². The molecule has 3 rings (SSSR count). The van der Waals surface area contributed by atoms with Gasteiger partial charge in [0.2, 0.25) is 0 Å². The van der Waals surface area contributed by atoms with Crippen molar-refractivity contribution < 1.29 is 0 Å². The highest BCUT2D eigenvalue weighted by atomic mass is 32.2. The maximum atomic E-state index is 2.19. The van der Waals surface area contributed by atoms with Crippen molar-refractivity contribution in [2.75, 3.05) is 0 Å². The maximum absolute atomic E-state index is 2.19. The Morgan fingerprint density at radius 3 is 1.67 bits per heavy atom. The van der Waals surface area contributed by atoms with Crippen LogP contribution in [0.2, 0.25) is 0 Å². The fraction of sp³-hybridized carbons (Fsp3) is 1.00. The number of fused-ring (bicyclic) bond motifs is 1. The zero-order valence-electron chi connectivity index (χ0n) is 3.13. The van der Waals surface area contributed by atoms with Crippen molar-refractivity contribution in [3.8, 4) is 0 Å². The minimum atomic E-state index is 1.08. The lowest BCUT2D eigenvalue weighted by Gasteiger charge is -2.24. The van der Waals surface area contributed by atoms with Crippen LogP contribution in [0.25, 0.3) is 0 Å². The highest BCUT2D eigenvalue weighted by Crippen LogP contribution is 2.79. The van der Waals surface area contributed by atoms with E-state index in [4.69, 9.17) is 0 Å². The van der Waals surface area contributed by atoms with Crippen LogP contribution < -0.4 is 0 Å². The molecule has 32 valence electrons. The van der Waals surface area contributed by atoms with Gasteiger partial charge in [-0.25, -0.2) is 0 Å². The zero-order valence-corrected chi connectivity index (χ0v) is 4.76. The Kier molecular flexibility index (Phi) is 0.279. The number of hydrogen-bond acceptors (Lipinski definition) is 2. The molecule has 0 aromatic carbocycles. The van der Waals surface area contributed by atoms with Crippen LogP contribution in [0.4, 0.5) is 0 Å². The van der Waals surface area contributed by atoms with E-state index >= 15 is 0 Å². The lowest BCUT2D eigenvalue weighted by Crippen LogP contribution is -2.17. The molecule has 0 nitrogen and oxygen atoms in total. The summed E-state index contributed by atoms with van der Waals surface area (Å²) >= 11 is 4.39. The molecule has 1 aliphatic carbocycles. The van der Waals surface area contributed by atoms with E-state index in [1.165, 1.54) is 5.92 Å². The lowest BCUT2D eigenvalue weighted by atomic mass is 10.5. The van der Waals surface area contributed by atoms with E-state index in [1.807, 2.05) is 0 Å². The molecule has 0 N–H and O–H groups in total. The van der Waals surface area contributed by atoms with E-state index in [0.29, 0.717) is 0 Å². The average Bonchev–Trinajstić information content (AvgIpc) is 2.03. The largest absolute Gasteiger partial charge is 0.142 e. The summed E-state index contributed by atoms with van der Waals surface area (Å²) in [6, 6.07) is 0. The highest BCUT2D eigenvalue weighted by molar-refractivity contribution is 8.24. The van der Waals surface area contributed by atoms with Crippen molar-refractivity contribution in [2.24, 2.45) is 5.92 Å². The van der Waals surface area contributed by atoms with E-state index in [1.54, 1.807) is 0 Å². The average molecular weight is 116 g/mol. The Balaban J connectivity index is 2.21. The van der Waals surface area contributed by atoms with Gasteiger partial charge in [-0.2, -0.15) is 0 Å². The van der Waals surface area contributed by atoms with Crippen molar-refractivity contribution >= 4 is 23.5 Å². The summed E-state index contributed by atoms with van der Waals surface area (Å²) < 4.78 is 1.08. The van der Waals surface area contributed by atoms with Crippen molar-refractivity contribution in [3.63, 3.8) is 0 Å². The Morgan fingerprint density at radius 1 is 1.00 bits per heavy atom. The van der Waals surface area contributed by atoms with Crippen LogP contribution in [0, 0.1) is 5.92 Å². The van der Waals surface area contributed by atoms with Crippen LogP contribution >= 0.6 is 23.5 Å². The monoisotopic (exact) mass is 116 g/mol. The molecule has 1 saturated carbocycles. The number of hydrogen-bond donors (Lipinski definition) is 0. The molecular formula is C4H4S2. The van der Waals surface area contributed by atoms with Crippen molar-refractivity contribution in [1.82, 2.24) is 0 Å². The zero-order chi connectivity index (χ0) is 3.72. The minimum Gasteiger partial charge on any atom is -0.142 e. The fourth-order valence-electron chi connectivity index (χ4n) is 1.27. The fourth-order valence-corrected chi connectivity index (χ4v) is 5.60. The molecule has 0 bridgehead atoms. The molecule has 3 aliphatic rings. The Morgan fingerprint density at radius 2 is 1.67 bits per heavy atom. The number of thioether (sulfide) groups is 2. The molecule has 2 saturated heterocycles. The third-order valence-corrected chi connectivity index (χ3v) is 5.69. The Bertz CT molecular complexity index is 83.0. The molecule has 0 aromatic rings. The molecule has 2 heterocycles. The first-order valence-electron chi connectivity index (χ1n) is 2.28. The summed E-state index contributed by atoms with van der Waals surface area (Å²) in [4.78, 5) is 0. The Labute approximate surface area is 45.1 Å². The van der Waals surface area contributed by atoms with Gasteiger partial charge in [-0.1, -0.05) is 0 Å². The first-order chi connectivity index (χ1) is 2.97. The topological polar surface area (TPSA) is 0 Å². The molecule has 2 aliphatic heterocycles. The second-order valence-electron chi connectivity index (χ2n) is 2.15. The molecule has 2 unspecified atom stereocenters. The van der Waals surface area contributed by atoms with Gasteiger partial charge in [0, 0.05) is 16.4 Å². The van der Waals surface area contributed by atoms with E-state index < -0.39 is 0 Å². The lowest BCUT2D eigenvalue weighted by molar-refractivity contribution is 0.886. The Hall–Kier alpha value is 0.700. The minimum absolute atomic E-state index is 1.08. The van der Waals surface area contributed by atoms with Crippen LogP contribution in [-0.4, -0.2) is 15.1 Å². The van der Waals surface area contributed by atoms with Gasteiger partial charge in [-0.15, -0.1) is 23.5 Å². The molecular weight excluding hydrogens is 112 g/mol. The summed E-state index contributed by atoms with van der Waals surface area (Å²) in [5.41, 5.74) is 0. The van der Waals surface area contributed by atoms with Gasteiger partial charge in [0.1, 0.15) is 0 Å². The van der Waals surface area contributed by atoms with E-state index in [2.05, 4.69) is 23.5 Å². The van der Waals surface area contributed by atoms with Gasteiger partial charge in [-0.3, -0.25) is 0 Å². The van der Waals surface area contributed by atoms with Gasteiger partial charge in [0.05, 0.1) is 4.58 Å². The predicted molar refractivity (Wildman–Crippen MR) is 30.0 cm³/mol. The first-order valence-corrected chi connectivity index (χ1v) is 4.16. The molecule has 0 radical (unpaired) electrons. The highest BCUT2D eigenvalue weighted by Gasteiger charge is 2.74. The first kappa shape index (κ1) is 2.88. The third kappa shape index (κ3) is 0.125. The summed E-state index contributed by atoms with van der Waals surface area (Å²) in [6.45, 7) is 0. The molecule has 0 aromatic heterocycles. The third-order valence-electron chi connectivity index (χ3n) is 1.84. The van der Waals surface area contributed by atoms with Crippen LogP contribution in [0.1, 0.15) is 0 Å². The summed E-state index contributed by atoms with van der Waals surface area (Å²) in [7, 11) is 0. The SMILES string of the molecule is S1C2SC3C1C23. The van der Waals surface area contributed by atoms with Crippen LogP contribution in [-0.2, 0) is 0 Å². The smallest absolute Gasteiger partial charge is 0.0559 e. The van der Waals surface area contributed by atoms with Crippen LogP contribution in [0.3, 0.4) is 0 Å². The molecule has 6 heavy (non-hydrogen) atoms. The normalized spacial score (nSPS) is 80.0. The number of rotatable bonds is 0. The second-order valence-corrected chi connectivity index (χ2v) is 5.09. The standard InChI is InChI=1S/C4H4S2/c5-2-1-3(2)6-4(1)5/h1-4H. The van der Waals surface area contributed by atoms with E-state index in [9.17, 15) is 0 Å².